The molecule has 6 nitrogen and oxygen atoms in total. The molecule has 25 heavy (non-hydrogen) atoms. The summed E-state index contributed by atoms with van der Waals surface area (Å²) in [6.45, 7) is 3.63. The molecule has 0 spiro atoms. The van der Waals surface area contributed by atoms with E-state index in [0.29, 0.717) is 19.7 Å². The number of hydrogen-bond donors (Lipinski definition) is 2. The summed E-state index contributed by atoms with van der Waals surface area (Å²) in [4.78, 5) is 8.16. The van der Waals surface area contributed by atoms with Crippen LogP contribution in [0.1, 0.15) is 17.2 Å². The summed E-state index contributed by atoms with van der Waals surface area (Å²) in [6, 6.07) is 9.54. The molecule has 0 saturated heterocycles. The van der Waals surface area contributed by atoms with Crippen LogP contribution in [0, 0.1) is 6.92 Å². The summed E-state index contributed by atoms with van der Waals surface area (Å²) < 4.78 is 10.8. The summed E-state index contributed by atoms with van der Waals surface area (Å²) in [6.07, 6.45) is 5.83. The van der Waals surface area contributed by atoms with Crippen molar-refractivity contribution in [1.29, 1.82) is 0 Å². The second kappa shape index (κ2) is 8.41. The molecular formula is C19H21N3O3. The van der Waals surface area contributed by atoms with Gasteiger partial charge in [-0.05, 0) is 36.8 Å². The quantitative estimate of drug-likeness (QED) is 0.614. The van der Waals surface area contributed by atoms with E-state index in [1.54, 1.807) is 18.7 Å². The molecule has 2 aromatic heterocycles. The van der Waals surface area contributed by atoms with Gasteiger partial charge in [0.25, 0.3) is 0 Å². The second-order valence-corrected chi connectivity index (χ2v) is 5.71. The number of aliphatic hydroxyl groups excluding tert-OH is 1. The highest BCUT2D eigenvalue weighted by Crippen LogP contribution is 2.25. The first kappa shape index (κ1) is 17.1. The second-order valence-electron chi connectivity index (χ2n) is 5.71. The Balaban J connectivity index is 1.43. The molecule has 0 radical (unpaired) electrons. The van der Waals surface area contributed by atoms with Crippen LogP contribution in [-0.2, 0) is 0 Å². The number of benzene rings is 1. The highest BCUT2D eigenvalue weighted by Gasteiger charge is 2.07. The molecule has 0 fully saturated rings. The van der Waals surface area contributed by atoms with E-state index in [0.717, 1.165) is 28.1 Å². The number of oxazole rings is 1. The number of rotatable bonds is 8. The van der Waals surface area contributed by atoms with E-state index in [4.69, 9.17) is 9.15 Å². The van der Waals surface area contributed by atoms with E-state index in [1.165, 1.54) is 6.39 Å². The summed E-state index contributed by atoms with van der Waals surface area (Å²) in [7, 11) is 0. The number of nitrogens with one attached hydrogen (secondary N) is 1. The first-order chi connectivity index (χ1) is 12.2. The molecule has 6 heteroatoms. The fourth-order valence-corrected chi connectivity index (χ4v) is 2.53. The van der Waals surface area contributed by atoms with E-state index < -0.39 is 6.10 Å². The summed E-state index contributed by atoms with van der Waals surface area (Å²) in [5.41, 5.74) is 3.72. The zero-order chi connectivity index (χ0) is 17.5. The summed E-state index contributed by atoms with van der Waals surface area (Å²) in [5.74, 6) is 0.805. The minimum absolute atomic E-state index is 0.458. The first-order valence-electron chi connectivity index (χ1n) is 8.15. The smallest absolute Gasteiger partial charge is 0.181 e. The number of hydrogen-bond acceptors (Lipinski definition) is 6. The lowest BCUT2D eigenvalue weighted by Gasteiger charge is -2.13. The predicted molar refractivity (Wildman–Crippen MR) is 94.2 cm³/mol. The van der Waals surface area contributed by atoms with Crippen molar-refractivity contribution in [2.75, 3.05) is 19.7 Å². The van der Waals surface area contributed by atoms with Crippen LogP contribution in [0.15, 0.2) is 59.8 Å². The van der Waals surface area contributed by atoms with Crippen LogP contribution in [0.3, 0.4) is 0 Å². The Labute approximate surface area is 146 Å². The van der Waals surface area contributed by atoms with Gasteiger partial charge in [0.2, 0.25) is 0 Å². The molecule has 1 atom stereocenters. The lowest BCUT2D eigenvalue weighted by Crippen LogP contribution is -2.26. The molecule has 0 aliphatic heterocycles. The zero-order valence-corrected chi connectivity index (χ0v) is 14.1. The highest BCUT2D eigenvalue weighted by molar-refractivity contribution is 5.63. The van der Waals surface area contributed by atoms with Crippen molar-refractivity contribution in [2.45, 2.75) is 13.0 Å². The minimum atomic E-state index is -0.572. The van der Waals surface area contributed by atoms with E-state index in [1.807, 2.05) is 37.3 Å². The van der Waals surface area contributed by atoms with Crippen molar-refractivity contribution in [3.05, 3.63) is 66.5 Å². The van der Waals surface area contributed by atoms with E-state index in [2.05, 4.69) is 15.3 Å². The normalized spacial score (nSPS) is 12.1. The van der Waals surface area contributed by atoms with Crippen molar-refractivity contribution >= 4 is 0 Å². The average molecular weight is 339 g/mol. The maximum Gasteiger partial charge on any atom is 0.181 e. The van der Waals surface area contributed by atoms with Crippen molar-refractivity contribution in [3.63, 3.8) is 0 Å². The molecule has 0 bridgehead atoms. The summed E-state index contributed by atoms with van der Waals surface area (Å²) in [5, 5.41) is 13.2. The van der Waals surface area contributed by atoms with E-state index in [9.17, 15) is 5.11 Å². The Morgan fingerprint density at radius 1 is 1.32 bits per heavy atom. The van der Waals surface area contributed by atoms with Gasteiger partial charge in [0.1, 0.15) is 24.3 Å². The van der Waals surface area contributed by atoms with Crippen molar-refractivity contribution in [1.82, 2.24) is 15.3 Å². The molecule has 2 N–H and O–H groups in total. The number of aromatic nitrogens is 2. The van der Waals surface area contributed by atoms with Crippen LogP contribution >= 0.6 is 0 Å². The lowest BCUT2D eigenvalue weighted by atomic mass is 10.1. The molecule has 2 heterocycles. The Morgan fingerprint density at radius 3 is 2.96 bits per heavy atom. The van der Waals surface area contributed by atoms with Gasteiger partial charge in [0.05, 0.1) is 6.10 Å². The maximum absolute atomic E-state index is 10.0. The van der Waals surface area contributed by atoms with Gasteiger partial charge in [-0.3, -0.25) is 4.98 Å². The van der Waals surface area contributed by atoms with Gasteiger partial charge < -0.3 is 19.6 Å². The van der Waals surface area contributed by atoms with Crippen molar-refractivity contribution in [2.24, 2.45) is 0 Å². The number of aliphatic hydroxyl groups is 1. The largest absolute Gasteiger partial charge is 0.492 e. The number of pyridine rings is 1. The van der Waals surface area contributed by atoms with Crippen LogP contribution in [0.5, 0.6) is 5.75 Å². The van der Waals surface area contributed by atoms with Crippen LogP contribution in [0.25, 0.3) is 11.3 Å². The van der Waals surface area contributed by atoms with Crippen LogP contribution in [0.4, 0.5) is 0 Å². The van der Waals surface area contributed by atoms with Crippen LogP contribution < -0.4 is 10.1 Å². The monoisotopic (exact) mass is 339 g/mol. The predicted octanol–water partition coefficient (Wildman–Crippen LogP) is 2.75. The Morgan fingerprint density at radius 2 is 2.24 bits per heavy atom. The minimum Gasteiger partial charge on any atom is -0.492 e. The van der Waals surface area contributed by atoms with Gasteiger partial charge in [0.15, 0.2) is 6.39 Å². The SMILES string of the molecule is Cc1cc(OCCNC[C@H](O)c2cccnc2)ccc1-c1cocn1. The van der Waals surface area contributed by atoms with E-state index in [-0.39, 0.29) is 0 Å². The molecule has 0 unspecified atom stereocenters. The maximum atomic E-state index is 10.0. The molecule has 3 aromatic rings. The van der Waals surface area contributed by atoms with Crippen LogP contribution in [-0.4, -0.2) is 34.8 Å². The number of nitrogens with zero attached hydrogens (tertiary/aromatic N) is 2. The Hall–Kier alpha value is -2.70. The van der Waals surface area contributed by atoms with Gasteiger partial charge in [-0.25, -0.2) is 4.98 Å². The molecule has 3 rings (SSSR count). The van der Waals surface area contributed by atoms with Gasteiger partial charge in [-0.2, -0.15) is 0 Å². The zero-order valence-electron chi connectivity index (χ0n) is 14.1. The lowest BCUT2D eigenvalue weighted by molar-refractivity contribution is 0.171. The first-order valence-corrected chi connectivity index (χ1v) is 8.15. The van der Waals surface area contributed by atoms with Crippen molar-refractivity contribution < 1.29 is 14.3 Å². The van der Waals surface area contributed by atoms with E-state index >= 15 is 0 Å². The summed E-state index contributed by atoms with van der Waals surface area (Å²) >= 11 is 0. The van der Waals surface area contributed by atoms with Gasteiger partial charge in [-0.1, -0.05) is 6.07 Å². The third-order valence-corrected chi connectivity index (χ3v) is 3.86. The van der Waals surface area contributed by atoms with Gasteiger partial charge in [-0.15, -0.1) is 0 Å². The molecule has 130 valence electrons. The number of ether oxygens (including phenoxy) is 1. The third-order valence-electron chi connectivity index (χ3n) is 3.86. The Kier molecular flexibility index (Phi) is 5.77. The Bertz CT molecular complexity index is 776. The van der Waals surface area contributed by atoms with Crippen LogP contribution in [0.2, 0.25) is 0 Å². The molecule has 0 aliphatic rings. The molecule has 1 aromatic carbocycles. The molecule has 0 aliphatic carbocycles. The molecule has 0 saturated carbocycles. The topological polar surface area (TPSA) is 80.4 Å². The molecular weight excluding hydrogens is 318 g/mol. The fraction of sp³-hybridized carbons (Fsp3) is 0.263. The fourth-order valence-electron chi connectivity index (χ4n) is 2.53. The number of aryl methyl sites for hydroxylation is 1. The molecule has 0 amide bonds. The van der Waals surface area contributed by atoms with Gasteiger partial charge >= 0.3 is 0 Å². The van der Waals surface area contributed by atoms with Gasteiger partial charge in [0, 0.05) is 36.6 Å². The highest BCUT2D eigenvalue weighted by atomic mass is 16.5. The average Bonchev–Trinajstić information content (AvgIpc) is 3.16. The third kappa shape index (κ3) is 4.65. The standard InChI is InChI=1S/C19H21N3O3/c1-14-9-16(4-5-17(14)18-12-24-13-22-18)25-8-7-21-11-19(23)15-3-2-6-20-10-15/h2-6,9-10,12-13,19,21,23H,7-8,11H2,1H3/t19-/m0/s1. The van der Waals surface area contributed by atoms with Crippen molar-refractivity contribution in [3.8, 4) is 17.0 Å².